The van der Waals surface area contributed by atoms with E-state index < -0.39 is 81.4 Å². The van der Waals surface area contributed by atoms with Crippen LogP contribution >= 0.6 is 101 Å². The molecule has 24 nitrogen and oxygen atoms in total. The van der Waals surface area contributed by atoms with Crippen molar-refractivity contribution in [2.75, 3.05) is 145 Å². The Balaban J connectivity index is 0.000000363. The third-order valence-electron chi connectivity index (χ3n) is 17.2. The SMILES string of the molecule is C.CCCC(=O)OCC(COC(=O)CCS)(COC(=O)CCS)COC(=O)CCS.CCCC(=O)OCC(COCC(COC(=O)CCS)(COC(=O)CCS)COC(=O)CCS)(COC(=O)CCS)COC(=O)CCS.c1ccc2c(c1)-c1ccccc1C2(c1ccc(OCC2CC2)cc1)c1ccc(OCC2CO2)cc1. The van der Waals surface area contributed by atoms with Gasteiger partial charge >= 0.3 is 59.7 Å². The quantitative estimate of drug-likeness (QED) is 0.00776. The van der Waals surface area contributed by atoms with Gasteiger partial charge in [0.1, 0.15) is 95.7 Å². The van der Waals surface area contributed by atoms with Crippen molar-refractivity contribution in [1.82, 2.24) is 0 Å². The number of carbonyl (C=O) groups is 10. The van der Waals surface area contributed by atoms with Crippen LogP contribution in [0, 0.1) is 22.2 Å². The van der Waals surface area contributed by atoms with Gasteiger partial charge in [-0.25, -0.2) is 0 Å². The largest absolute Gasteiger partial charge is 0.493 e. The van der Waals surface area contributed by atoms with E-state index in [1.54, 1.807) is 6.92 Å². The second kappa shape index (κ2) is 53.9. The molecule has 0 spiro atoms. The normalized spacial score (nSPS) is 13.5. The van der Waals surface area contributed by atoms with Crippen molar-refractivity contribution in [2.24, 2.45) is 22.2 Å². The van der Waals surface area contributed by atoms with Crippen LogP contribution in [0.25, 0.3) is 11.1 Å². The molecule has 0 N–H and O–H groups in total. The first kappa shape index (κ1) is 98.3. The molecule has 32 heteroatoms. The molecular weight excluding hydrogens is 1600 g/mol. The molecule has 1 heterocycles. The zero-order valence-electron chi connectivity index (χ0n) is 62.9. The standard InChI is InChI=1S/C32H28O3.C29H48O13S5.C18H30O8S3.CH4/c1-3-7-30-28(5-1)29-6-2-4-8-31(29)32(30,23-11-15-25(16-12-23)33-19-22-9-10-22)24-13-17-26(18-14-24)34-20-27-21-35-27;1-2-3-22(30)37-16-28(17-38-23(31)4-9-43,18-39-24(32)5-10-44)14-36-15-29(19-40-25(33)6-11-45,20-41-26(34)7-12-46)21-42-27(35)8-13-47;1-2-3-14(19)23-10-18(11-24-15(20)4-7-27,12-25-16(21)5-8-28)13-26-17(22)6-9-29;/h1-8,11-18,22,27H,9-10,19-21H2;43-47H,2-21H2,1H3;27-29H,2-13H2,1H3;1H4. The molecule has 0 radical (unpaired) electrons. The van der Waals surface area contributed by atoms with Crippen LogP contribution in [0.5, 0.6) is 11.5 Å². The first-order valence-corrected chi connectivity index (χ1v) is 41.9. The van der Waals surface area contributed by atoms with Crippen LogP contribution in [0.15, 0.2) is 97.1 Å². The first-order valence-electron chi connectivity index (χ1n) is 36.9. The van der Waals surface area contributed by atoms with Gasteiger partial charge in [0.2, 0.25) is 0 Å². The van der Waals surface area contributed by atoms with E-state index >= 15 is 0 Å². The van der Waals surface area contributed by atoms with E-state index in [1.807, 2.05) is 6.92 Å². The minimum Gasteiger partial charge on any atom is -0.493 e. The summed E-state index contributed by atoms with van der Waals surface area (Å²) in [5, 5.41) is 0. The monoisotopic (exact) mass is 1710 g/mol. The summed E-state index contributed by atoms with van der Waals surface area (Å²) in [6.45, 7) is 1.93. The van der Waals surface area contributed by atoms with Crippen molar-refractivity contribution >= 4 is 161 Å². The molecule has 112 heavy (non-hydrogen) atoms. The van der Waals surface area contributed by atoms with Crippen molar-refractivity contribution in [3.8, 4) is 22.6 Å². The molecule has 622 valence electrons. The van der Waals surface area contributed by atoms with Gasteiger partial charge in [0.15, 0.2) is 0 Å². The van der Waals surface area contributed by atoms with Crippen LogP contribution in [0.3, 0.4) is 0 Å². The maximum Gasteiger partial charge on any atom is 0.306 e. The Hall–Kier alpha value is -6.10. The van der Waals surface area contributed by atoms with Gasteiger partial charge in [0.05, 0.1) is 94.0 Å². The topological polar surface area (TPSA) is 303 Å². The number of hydrogen-bond acceptors (Lipinski definition) is 32. The Bertz CT molecular complexity index is 3150. The van der Waals surface area contributed by atoms with E-state index in [9.17, 15) is 47.9 Å². The van der Waals surface area contributed by atoms with Crippen molar-refractivity contribution in [1.29, 1.82) is 0 Å². The number of esters is 10. The molecule has 1 saturated heterocycles. The number of carbonyl (C=O) groups excluding carboxylic acids is 10. The average molecular weight is 1710 g/mol. The molecule has 4 aromatic carbocycles. The highest BCUT2D eigenvalue weighted by Crippen LogP contribution is 2.56. The van der Waals surface area contributed by atoms with Crippen LogP contribution < -0.4 is 9.47 Å². The Morgan fingerprint density at radius 1 is 0.348 bits per heavy atom. The van der Waals surface area contributed by atoms with E-state index in [4.69, 9.17) is 66.3 Å². The first-order chi connectivity index (χ1) is 53.6. The number of benzene rings is 4. The summed E-state index contributed by atoms with van der Waals surface area (Å²) >= 11 is 32.2. The molecule has 4 aromatic rings. The summed E-state index contributed by atoms with van der Waals surface area (Å²) in [5.41, 5.74) is 3.27. The lowest BCUT2D eigenvalue weighted by Gasteiger charge is -2.35. The molecular formula is C80H110O24S8. The predicted molar refractivity (Wildman–Crippen MR) is 449 cm³/mol. The van der Waals surface area contributed by atoms with E-state index in [0.29, 0.717) is 36.7 Å². The van der Waals surface area contributed by atoms with Gasteiger partial charge in [-0.1, -0.05) is 94.1 Å². The molecule has 2 fully saturated rings. The summed E-state index contributed by atoms with van der Waals surface area (Å²) in [4.78, 5) is 121. The highest BCUT2D eigenvalue weighted by Gasteiger charge is 2.47. The van der Waals surface area contributed by atoms with Gasteiger partial charge < -0.3 is 66.3 Å². The highest BCUT2D eigenvalue weighted by atomic mass is 32.1. The van der Waals surface area contributed by atoms with Crippen molar-refractivity contribution in [2.45, 2.75) is 123 Å². The lowest BCUT2D eigenvalue weighted by molar-refractivity contribution is -0.176. The smallest absolute Gasteiger partial charge is 0.306 e. The fourth-order valence-electron chi connectivity index (χ4n) is 10.9. The van der Waals surface area contributed by atoms with Crippen LogP contribution in [0.2, 0.25) is 0 Å². The summed E-state index contributed by atoms with van der Waals surface area (Å²) < 4.78 is 77.0. The van der Waals surface area contributed by atoms with Gasteiger partial charge in [0.25, 0.3) is 0 Å². The minimum absolute atomic E-state index is 0. The zero-order valence-corrected chi connectivity index (χ0v) is 70.1. The maximum atomic E-state index is 12.4. The van der Waals surface area contributed by atoms with Gasteiger partial charge in [-0.3, -0.25) is 47.9 Å². The minimum atomic E-state index is -1.40. The number of thiol groups is 8. The molecule has 0 amide bonds. The van der Waals surface area contributed by atoms with Gasteiger partial charge in [-0.05, 0) is 89.2 Å². The highest BCUT2D eigenvalue weighted by molar-refractivity contribution is 7.81. The van der Waals surface area contributed by atoms with E-state index in [1.165, 1.54) is 46.2 Å². The zero-order chi connectivity index (χ0) is 80.9. The summed E-state index contributed by atoms with van der Waals surface area (Å²) in [5.74, 6) is -0.999. The van der Waals surface area contributed by atoms with E-state index in [0.717, 1.165) is 30.6 Å². The fraction of sp³-hybridized carbons (Fsp3) is 0.575. The Morgan fingerprint density at radius 2 is 0.589 bits per heavy atom. The average Bonchev–Trinajstić information content (AvgIpc) is 1.54. The predicted octanol–water partition coefficient (Wildman–Crippen LogP) is 11.8. The molecule has 3 aliphatic rings. The Labute approximate surface area is 701 Å². The van der Waals surface area contributed by atoms with Crippen LogP contribution in [0.4, 0.5) is 0 Å². The van der Waals surface area contributed by atoms with Crippen LogP contribution in [-0.2, 0) is 110 Å². The number of epoxide rings is 1. The summed E-state index contributed by atoms with van der Waals surface area (Å²) in [7, 11) is 0. The second-order valence-electron chi connectivity index (χ2n) is 26.8. The lowest BCUT2D eigenvalue weighted by atomic mass is 9.68. The van der Waals surface area contributed by atoms with Gasteiger partial charge in [-0.2, -0.15) is 101 Å². The third kappa shape index (κ3) is 34.8. The number of hydrogen-bond donors (Lipinski definition) is 8. The fourth-order valence-corrected chi connectivity index (χ4v) is 12.4. The maximum absolute atomic E-state index is 12.4. The summed E-state index contributed by atoms with van der Waals surface area (Å²) in [6.07, 6.45) is 4.44. The number of rotatable bonds is 52. The van der Waals surface area contributed by atoms with E-state index in [2.05, 4.69) is 198 Å². The van der Waals surface area contributed by atoms with Crippen molar-refractivity contribution in [3.63, 3.8) is 0 Å². The molecule has 1 atom stereocenters. The van der Waals surface area contributed by atoms with Crippen molar-refractivity contribution in [3.05, 3.63) is 119 Å². The molecule has 1 saturated carbocycles. The second-order valence-corrected chi connectivity index (χ2v) is 30.4. The van der Waals surface area contributed by atoms with Crippen LogP contribution in [-0.4, -0.2) is 211 Å². The van der Waals surface area contributed by atoms with Gasteiger partial charge in [0, 0.05) is 58.9 Å². The Morgan fingerprint density at radius 3 is 0.830 bits per heavy atom. The third-order valence-corrected chi connectivity index (χ3v) is 19.0. The lowest BCUT2D eigenvalue weighted by Crippen LogP contribution is -2.47. The van der Waals surface area contributed by atoms with Crippen LogP contribution in [0.1, 0.15) is 133 Å². The molecule has 1 unspecified atom stereocenters. The molecule has 2 aliphatic carbocycles. The molecule has 7 rings (SSSR count). The number of fused-ring (bicyclic) bond motifs is 3. The molecule has 0 bridgehead atoms. The molecule has 1 aliphatic heterocycles. The van der Waals surface area contributed by atoms with E-state index in [-0.39, 0.29) is 186 Å². The summed E-state index contributed by atoms with van der Waals surface area (Å²) in [6, 6.07) is 35.0. The van der Waals surface area contributed by atoms with Gasteiger partial charge in [-0.15, -0.1) is 0 Å². The van der Waals surface area contributed by atoms with Crippen molar-refractivity contribution < 1.29 is 114 Å². The molecule has 0 aromatic heterocycles. The number of ether oxygens (including phenoxy) is 14. The Kier molecular flexibility index (Phi) is 47.3.